The number of allylic oxidation sites excluding steroid dienone is 1. The van der Waals surface area contributed by atoms with Gasteiger partial charge in [-0.3, -0.25) is 4.79 Å². The molecule has 1 saturated heterocycles. The van der Waals surface area contributed by atoms with Gasteiger partial charge in [-0.05, 0) is 31.3 Å². The Hall–Kier alpha value is -0.990. The fourth-order valence-electron chi connectivity index (χ4n) is 3.12. The third-order valence-electron chi connectivity index (χ3n) is 4.67. The van der Waals surface area contributed by atoms with Crippen LogP contribution in [0.2, 0.25) is 0 Å². The maximum absolute atomic E-state index is 12.1. The molecule has 0 amide bonds. The molecule has 2 rings (SSSR count). The normalized spacial score (nSPS) is 42.6. The molecule has 23 heavy (non-hydrogen) atoms. The summed E-state index contributed by atoms with van der Waals surface area (Å²) in [5.74, 6) is 0.379. The summed E-state index contributed by atoms with van der Waals surface area (Å²) in [5, 5.41) is 38.4. The molecular weight excluding hydrogens is 304 g/mol. The van der Waals surface area contributed by atoms with E-state index in [4.69, 9.17) is 14.6 Å². The van der Waals surface area contributed by atoms with Crippen LogP contribution in [0.1, 0.15) is 33.1 Å². The Morgan fingerprint density at radius 1 is 1.26 bits per heavy atom. The molecule has 0 aromatic carbocycles. The second kappa shape index (κ2) is 7.72. The predicted molar refractivity (Wildman–Crippen MR) is 80.1 cm³/mol. The fraction of sp³-hybridized carbons (Fsp3) is 0.812. The summed E-state index contributed by atoms with van der Waals surface area (Å²) in [7, 11) is 0. The number of hydrogen-bond donors (Lipinski definition) is 4. The van der Waals surface area contributed by atoms with Gasteiger partial charge in [-0.1, -0.05) is 6.92 Å². The molecule has 0 spiro atoms. The number of rotatable bonds is 4. The molecule has 0 aromatic rings. The Morgan fingerprint density at radius 2 is 1.96 bits per heavy atom. The van der Waals surface area contributed by atoms with Crippen LogP contribution in [-0.4, -0.2) is 63.5 Å². The van der Waals surface area contributed by atoms with E-state index in [0.29, 0.717) is 12.3 Å². The third kappa shape index (κ3) is 4.10. The van der Waals surface area contributed by atoms with Crippen molar-refractivity contribution < 1.29 is 34.7 Å². The summed E-state index contributed by atoms with van der Waals surface area (Å²) in [4.78, 5) is 12.1. The molecule has 1 heterocycles. The molecule has 0 aromatic heterocycles. The number of aliphatic hydroxyl groups excluding tert-OH is 4. The topological polar surface area (TPSA) is 116 Å². The van der Waals surface area contributed by atoms with Gasteiger partial charge in [-0.2, -0.15) is 0 Å². The number of ether oxygens (including phenoxy) is 2. The first-order valence-corrected chi connectivity index (χ1v) is 8.00. The molecule has 7 atom stereocenters. The van der Waals surface area contributed by atoms with Gasteiger partial charge < -0.3 is 29.9 Å². The monoisotopic (exact) mass is 330 g/mol. The van der Waals surface area contributed by atoms with Gasteiger partial charge in [-0.25, -0.2) is 0 Å². The highest BCUT2D eigenvalue weighted by Crippen LogP contribution is 2.31. The standard InChI is InChI=1S/C16H26O7/c1-8-3-4-10(11(18)5-8)9(2)7-22-16-15(21)14(20)13(19)12(6-17)23-16/h7-8,10,12-17,19-21H,3-6H2,1-2H3/b9-7+/t8-,10?,12-,13-,14+,15-,16-/m1/s1. The summed E-state index contributed by atoms with van der Waals surface area (Å²) in [6.07, 6.45) is -2.90. The zero-order chi connectivity index (χ0) is 17.1. The highest BCUT2D eigenvalue weighted by Gasteiger charge is 2.44. The lowest BCUT2D eigenvalue weighted by Crippen LogP contribution is -2.58. The Morgan fingerprint density at radius 3 is 2.57 bits per heavy atom. The molecule has 1 aliphatic carbocycles. The van der Waals surface area contributed by atoms with E-state index in [9.17, 15) is 20.1 Å². The largest absolute Gasteiger partial charge is 0.470 e. The molecule has 4 N–H and O–H groups in total. The number of ketones is 1. The van der Waals surface area contributed by atoms with Crippen molar-refractivity contribution in [2.45, 2.75) is 63.8 Å². The van der Waals surface area contributed by atoms with Crippen LogP contribution < -0.4 is 0 Å². The molecule has 0 radical (unpaired) electrons. The summed E-state index contributed by atoms with van der Waals surface area (Å²) in [5.41, 5.74) is 0.735. The second-order valence-electron chi connectivity index (χ2n) is 6.60. The molecule has 7 nitrogen and oxygen atoms in total. The number of aliphatic hydroxyl groups is 4. The van der Waals surface area contributed by atoms with Gasteiger partial charge in [-0.15, -0.1) is 0 Å². The molecular formula is C16H26O7. The van der Waals surface area contributed by atoms with Gasteiger partial charge in [0, 0.05) is 12.3 Å². The molecule has 2 fully saturated rings. The van der Waals surface area contributed by atoms with Crippen molar-refractivity contribution in [1.29, 1.82) is 0 Å². The van der Waals surface area contributed by atoms with Gasteiger partial charge in [0.2, 0.25) is 6.29 Å². The Balaban J connectivity index is 1.99. The minimum Gasteiger partial charge on any atom is -0.470 e. The number of carbonyl (C=O) groups is 1. The van der Waals surface area contributed by atoms with Crippen LogP contribution in [0, 0.1) is 11.8 Å². The summed E-state index contributed by atoms with van der Waals surface area (Å²) < 4.78 is 10.6. The van der Waals surface area contributed by atoms with E-state index in [1.54, 1.807) is 6.92 Å². The number of hydrogen-bond acceptors (Lipinski definition) is 7. The van der Waals surface area contributed by atoms with Crippen molar-refractivity contribution in [1.82, 2.24) is 0 Å². The SMILES string of the molecule is C/C(=C\O[C@@H]1O[C@H](CO)[C@@H](O)[C@H](O)[C@H]1O)C1CC[C@@H](C)CC1=O. The minimum absolute atomic E-state index is 0.176. The number of Topliss-reactive ketones (excluding diaryl/α,β-unsaturated/α-hetero) is 1. The van der Waals surface area contributed by atoms with Gasteiger partial charge in [0.05, 0.1) is 12.9 Å². The zero-order valence-electron chi connectivity index (χ0n) is 13.5. The van der Waals surface area contributed by atoms with Crippen molar-refractivity contribution in [3.8, 4) is 0 Å². The Labute approximate surface area is 135 Å². The molecule has 0 bridgehead atoms. The smallest absolute Gasteiger partial charge is 0.228 e. The highest BCUT2D eigenvalue weighted by atomic mass is 16.7. The lowest BCUT2D eigenvalue weighted by atomic mass is 9.79. The Kier molecular flexibility index (Phi) is 6.16. The van der Waals surface area contributed by atoms with E-state index in [-0.39, 0.29) is 11.7 Å². The lowest BCUT2D eigenvalue weighted by Gasteiger charge is -2.39. The van der Waals surface area contributed by atoms with Crippen molar-refractivity contribution >= 4 is 5.78 Å². The molecule has 1 unspecified atom stereocenters. The van der Waals surface area contributed by atoms with E-state index in [0.717, 1.165) is 18.4 Å². The van der Waals surface area contributed by atoms with Gasteiger partial charge in [0.25, 0.3) is 0 Å². The van der Waals surface area contributed by atoms with Crippen LogP contribution in [0.15, 0.2) is 11.8 Å². The van der Waals surface area contributed by atoms with E-state index in [1.165, 1.54) is 6.26 Å². The van der Waals surface area contributed by atoms with Crippen molar-refractivity contribution in [3.05, 3.63) is 11.8 Å². The maximum atomic E-state index is 12.1. The highest BCUT2D eigenvalue weighted by molar-refractivity contribution is 5.84. The number of carbonyl (C=O) groups excluding carboxylic acids is 1. The van der Waals surface area contributed by atoms with Crippen molar-refractivity contribution in [2.75, 3.05) is 6.61 Å². The molecule has 7 heteroatoms. The second-order valence-corrected chi connectivity index (χ2v) is 6.60. The third-order valence-corrected chi connectivity index (χ3v) is 4.67. The van der Waals surface area contributed by atoms with Gasteiger partial charge in [0.1, 0.15) is 30.2 Å². The average molecular weight is 330 g/mol. The summed E-state index contributed by atoms with van der Waals surface area (Å²) in [6.45, 7) is 3.33. The summed E-state index contributed by atoms with van der Waals surface area (Å²) >= 11 is 0. The van der Waals surface area contributed by atoms with Crippen LogP contribution in [0.3, 0.4) is 0 Å². The maximum Gasteiger partial charge on any atom is 0.228 e. The molecule has 132 valence electrons. The van der Waals surface area contributed by atoms with E-state index in [1.807, 2.05) is 0 Å². The van der Waals surface area contributed by atoms with Crippen molar-refractivity contribution in [3.63, 3.8) is 0 Å². The summed E-state index contributed by atoms with van der Waals surface area (Å²) in [6, 6.07) is 0. The zero-order valence-corrected chi connectivity index (χ0v) is 13.5. The van der Waals surface area contributed by atoms with Crippen LogP contribution in [0.25, 0.3) is 0 Å². The Bertz CT molecular complexity index is 448. The van der Waals surface area contributed by atoms with Crippen LogP contribution in [0.5, 0.6) is 0 Å². The van der Waals surface area contributed by atoms with Crippen molar-refractivity contribution in [2.24, 2.45) is 11.8 Å². The quantitative estimate of drug-likeness (QED) is 0.523. The van der Waals surface area contributed by atoms with Crippen LogP contribution >= 0.6 is 0 Å². The van der Waals surface area contributed by atoms with E-state index >= 15 is 0 Å². The van der Waals surface area contributed by atoms with Gasteiger partial charge in [0.15, 0.2) is 0 Å². The molecule has 1 aliphatic heterocycles. The molecule has 2 aliphatic rings. The van der Waals surface area contributed by atoms with E-state index in [2.05, 4.69) is 6.92 Å². The lowest BCUT2D eigenvalue weighted by molar-refractivity contribution is -0.288. The first-order valence-electron chi connectivity index (χ1n) is 8.00. The van der Waals surface area contributed by atoms with E-state index < -0.39 is 37.3 Å². The van der Waals surface area contributed by atoms with Gasteiger partial charge >= 0.3 is 0 Å². The first kappa shape index (κ1) is 18.4. The predicted octanol–water partition coefficient (Wildman–Crippen LogP) is -0.288. The average Bonchev–Trinajstić information content (AvgIpc) is 2.51. The first-order chi connectivity index (χ1) is 10.8. The van der Waals surface area contributed by atoms with Crippen LogP contribution in [-0.2, 0) is 14.3 Å². The fourth-order valence-corrected chi connectivity index (χ4v) is 3.12. The molecule has 1 saturated carbocycles. The minimum atomic E-state index is -1.48. The van der Waals surface area contributed by atoms with Crippen LogP contribution in [0.4, 0.5) is 0 Å².